The molecule has 0 saturated carbocycles. The van der Waals surface area contributed by atoms with Gasteiger partial charge in [0.05, 0.1) is 6.42 Å². The fraction of sp³-hybridized carbons (Fsp3) is 0.348. The number of benzene rings is 2. The first kappa shape index (κ1) is 22.0. The highest BCUT2D eigenvalue weighted by molar-refractivity contribution is 7.94. The molecular weight excluding hydrogens is 432 g/mol. The quantitative estimate of drug-likeness (QED) is 0.517. The van der Waals surface area contributed by atoms with Crippen LogP contribution in [-0.4, -0.2) is 53.3 Å². The molecular formula is C23H24N2O6S. The molecule has 9 heteroatoms. The molecule has 168 valence electrons. The van der Waals surface area contributed by atoms with Crippen molar-refractivity contribution in [2.45, 2.75) is 49.1 Å². The van der Waals surface area contributed by atoms with Crippen molar-refractivity contribution in [3.05, 3.63) is 71.8 Å². The molecule has 1 N–H and O–H groups in total. The maximum absolute atomic E-state index is 13.2. The minimum Gasteiger partial charge on any atom is -0.459 e. The van der Waals surface area contributed by atoms with Gasteiger partial charge in [0.25, 0.3) is 0 Å². The van der Waals surface area contributed by atoms with Gasteiger partial charge in [0.15, 0.2) is 15.2 Å². The Morgan fingerprint density at radius 3 is 2.16 bits per heavy atom. The topological polar surface area (TPSA) is 110 Å². The largest absolute Gasteiger partial charge is 0.459 e. The standard InChI is InChI=1S/C23H24N2O6S/c1-23(2)19(22(28)31-14-16-11-7-4-8-12-16)25-20(27)18(21(25)32(23,29)30)24-17(26)13-15-9-5-3-6-10-15/h3-12,18-19,21H,13-14H2,1-2H3,(H,24,26)/t18-,19+,21-/m1/s1. The van der Waals surface area contributed by atoms with Crippen LogP contribution < -0.4 is 5.32 Å². The van der Waals surface area contributed by atoms with Crippen molar-refractivity contribution in [1.82, 2.24) is 10.2 Å². The maximum Gasteiger partial charge on any atom is 0.330 e. The molecule has 0 aliphatic carbocycles. The van der Waals surface area contributed by atoms with Crippen LogP contribution in [0, 0.1) is 0 Å². The van der Waals surface area contributed by atoms with Crippen molar-refractivity contribution in [3.63, 3.8) is 0 Å². The number of nitrogens with one attached hydrogen (secondary N) is 1. The molecule has 0 spiro atoms. The Kier molecular flexibility index (Phi) is 5.54. The van der Waals surface area contributed by atoms with Crippen LogP contribution in [0.4, 0.5) is 0 Å². The zero-order valence-electron chi connectivity index (χ0n) is 17.7. The number of esters is 1. The summed E-state index contributed by atoms with van der Waals surface area (Å²) in [6.45, 7) is 2.78. The van der Waals surface area contributed by atoms with Crippen LogP contribution >= 0.6 is 0 Å². The minimum absolute atomic E-state index is 0.0172. The predicted molar refractivity (Wildman–Crippen MR) is 116 cm³/mol. The number of nitrogens with zero attached hydrogens (tertiary/aromatic N) is 1. The first-order chi connectivity index (χ1) is 15.1. The molecule has 0 bridgehead atoms. The molecule has 0 unspecified atom stereocenters. The van der Waals surface area contributed by atoms with Gasteiger partial charge in [-0.3, -0.25) is 9.59 Å². The summed E-state index contributed by atoms with van der Waals surface area (Å²) in [4.78, 5) is 39.2. The second-order valence-electron chi connectivity index (χ2n) is 8.49. The normalized spacial score (nSPS) is 24.9. The van der Waals surface area contributed by atoms with E-state index < -0.39 is 49.8 Å². The Morgan fingerprint density at radius 2 is 1.56 bits per heavy atom. The number of hydrogen-bond donors (Lipinski definition) is 1. The summed E-state index contributed by atoms with van der Waals surface area (Å²) in [6, 6.07) is 15.4. The second kappa shape index (κ2) is 8.05. The minimum atomic E-state index is -3.95. The molecule has 2 saturated heterocycles. The van der Waals surface area contributed by atoms with Gasteiger partial charge >= 0.3 is 5.97 Å². The highest BCUT2D eigenvalue weighted by Crippen LogP contribution is 2.46. The lowest BCUT2D eigenvalue weighted by Crippen LogP contribution is -2.72. The van der Waals surface area contributed by atoms with Crippen LogP contribution in [0.2, 0.25) is 0 Å². The van der Waals surface area contributed by atoms with Gasteiger partial charge in [0.1, 0.15) is 23.4 Å². The van der Waals surface area contributed by atoms with Gasteiger partial charge < -0.3 is 15.0 Å². The number of ether oxygens (including phenoxy) is 1. The first-order valence-electron chi connectivity index (χ1n) is 10.2. The molecule has 2 heterocycles. The Bertz CT molecular complexity index is 1150. The molecule has 2 fully saturated rings. The van der Waals surface area contributed by atoms with Crippen LogP contribution in [0.3, 0.4) is 0 Å². The Labute approximate surface area is 186 Å². The number of carbonyl (C=O) groups is 3. The molecule has 0 radical (unpaired) electrons. The molecule has 2 aromatic rings. The number of carbonyl (C=O) groups excluding carboxylic acids is 3. The van der Waals surface area contributed by atoms with E-state index >= 15 is 0 Å². The van der Waals surface area contributed by atoms with Crippen LogP contribution in [0.25, 0.3) is 0 Å². The zero-order valence-corrected chi connectivity index (χ0v) is 18.5. The van der Waals surface area contributed by atoms with Crippen molar-refractivity contribution in [2.24, 2.45) is 0 Å². The zero-order chi connectivity index (χ0) is 23.1. The fourth-order valence-corrected chi connectivity index (χ4v) is 6.45. The third-order valence-corrected chi connectivity index (χ3v) is 8.86. The molecule has 4 rings (SSSR count). The Morgan fingerprint density at radius 1 is 1.00 bits per heavy atom. The van der Waals surface area contributed by atoms with Gasteiger partial charge in [-0.15, -0.1) is 0 Å². The Balaban J connectivity index is 1.50. The summed E-state index contributed by atoms with van der Waals surface area (Å²) < 4.78 is 30.2. The lowest BCUT2D eigenvalue weighted by molar-refractivity contribution is -0.165. The average Bonchev–Trinajstić information content (AvgIpc) is 2.91. The van der Waals surface area contributed by atoms with Gasteiger partial charge in [-0.2, -0.15) is 0 Å². The van der Waals surface area contributed by atoms with E-state index in [9.17, 15) is 22.8 Å². The van der Waals surface area contributed by atoms with E-state index in [4.69, 9.17) is 4.74 Å². The van der Waals surface area contributed by atoms with Crippen molar-refractivity contribution in [1.29, 1.82) is 0 Å². The average molecular weight is 457 g/mol. The number of amides is 2. The van der Waals surface area contributed by atoms with Crippen molar-refractivity contribution in [3.8, 4) is 0 Å². The SMILES string of the molecule is CC1(C)[C@H](C(=O)OCc2ccccc2)N2C(=O)[C@@H](NC(=O)Cc3ccccc3)[C@H]2S1(=O)=O. The molecule has 3 atom stereocenters. The van der Waals surface area contributed by atoms with E-state index in [1.165, 1.54) is 13.8 Å². The van der Waals surface area contributed by atoms with Gasteiger partial charge in [-0.25, -0.2) is 13.2 Å². The van der Waals surface area contributed by atoms with E-state index in [1.54, 1.807) is 48.5 Å². The van der Waals surface area contributed by atoms with Gasteiger partial charge in [-0.1, -0.05) is 60.7 Å². The first-order valence-corrected chi connectivity index (χ1v) is 11.8. The highest BCUT2D eigenvalue weighted by atomic mass is 32.2. The molecule has 2 aliphatic rings. The number of β-lactam (4-membered cyclic amide) rings is 1. The van der Waals surface area contributed by atoms with E-state index in [0.29, 0.717) is 0 Å². The lowest BCUT2D eigenvalue weighted by atomic mass is 9.96. The molecule has 32 heavy (non-hydrogen) atoms. The molecule has 2 aromatic carbocycles. The van der Waals surface area contributed by atoms with Crippen LogP contribution in [-0.2, 0) is 42.0 Å². The number of hydrogen-bond acceptors (Lipinski definition) is 6. The smallest absolute Gasteiger partial charge is 0.330 e. The van der Waals surface area contributed by atoms with Gasteiger partial charge in [0.2, 0.25) is 11.8 Å². The number of rotatable bonds is 6. The summed E-state index contributed by atoms with van der Waals surface area (Å²) in [7, 11) is -3.95. The van der Waals surface area contributed by atoms with Crippen LogP contribution in [0.5, 0.6) is 0 Å². The van der Waals surface area contributed by atoms with E-state index in [-0.39, 0.29) is 13.0 Å². The molecule has 2 amide bonds. The monoisotopic (exact) mass is 456 g/mol. The second-order valence-corrected chi connectivity index (χ2v) is 11.1. The van der Waals surface area contributed by atoms with E-state index in [1.807, 2.05) is 12.1 Å². The van der Waals surface area contributed by atoms with Crippen molar-refractivity contribution >= 4 is 27.6 Å². The summed E-state index contributed by atoms with van der Waals surface area (Å²) in [5.74, 6) is -1.85. The third-order valence-electron chi connectivity index (χ3n) is 6.04. The predicted octanol–water partition coefficient (Wildman–Crippen LogP) is 1.20. The fourth-order valence-electron chi connectivity index (χ4n) is 4.23. The van der Waals surface area contributed by atoms with Crippen LogP contribution in [0.15, 0.2) is 60.7 Å². The lowest BCUT2D eigenvalue weighted by Gasteiger charge is -2.43. The third kappa shape index (κ3) is 3.56. The van der Waals surface area contributed by atoms with E-state index in [0.717, 1.165) is 16.0 Å². The maximum atomic E-state index is 13.2. The molecule has 0 aromatic heterocycles. The molecule has 2 aliphatic heterocycles. The Hall–Kier alpha value is -3.20. The van der Waals surface area contributed by atoms with Crippen molar-refractivity contribution < 1.29 is 27.5 Å². The summed E-state index contributed by atoms with van der Waals surface area (Å²) in [6.07, 6.45) is 0.0172. The summed E-state index contributed by atoms with van der Waals surface area (Å²) >= 11 is 0. The van der Waals surface area contributed by atoms with Gasteiger partial charge in [0, 0.05) is 0 Å². The van der Waals surface area contributed by atoms with Gasteiger partial charge in [-0.05, 0) is 25.0 Å². The van der Waals surface area contributed by atoms with Crippen molar-refractivity contribution in [2.75, 3.05) is 0 Å². The van der Waals surface area contributed by atoms with Crippen LogP contribution in [0.1, 0.15) is 25.0 Å². The summed E-state index contributed by atoms with van der Waals surface area (Å²) in [5, 5.41) is 1.24. The molecule has 8 nitrogen and oxygen atoms in total. The number of fused-ring (bicyclic) bond motifs is 1. The van der Waals surface area contributed by atoms with E-state index in [2.05, 4.69) is 5.32 Å². The number of sulfone groups is 1. The highest BCUT2D eigenvalue weighted by Gasteiger charge is 2.72. The summed E-state index contributed by atoms with van der Waals surface area (Å²) in [5.41, 5.74) is 1.49.